The Hall–Kier alpha value is -1.80. The molecule has 0 aliphatic heterocycles. The highest BCUT2D eigenvalue weighted by molar-refractivity contribution is 5.20. The van der Waals surface area contributed by atoms with Gasteiger partial charge in [0, 0.05) is 0 Å². The molecule has 0 saturated heterocycles. The molecule has 0 unspecified atom stereocenters. The van der Waals surface area contributed by atoms with Crippen LogP contribution in [-0.4, -0.2) is 34.3 Å². The summed E-state index contributed by atoms with van der Waals surface area (Å²) in [7, 11) is 0. The number of halogens is 3. The molecule has 1 rings (SSSR count). The molecule has 0 fully saturated rings. The first-order chi connectivity index (χ1) is 7.90. The number of alkyl halides is 3. The van der Waals surface area contributed by atoms with Crippen LogP contribution >= 0.6 is 0 Å². The van der Waals surface area contributed by atoms with Gasteiger partial charge in [0.05, 0.1) is 13.0 Å². The van der Waals surface area contributed by atoms with Gasteiger partial charge < -0.3 is 15.2 Å². The van der Waals surface area contributed by atoms with Gasteiger partial charge in [-0.15, -0.1) is 4.98 Å². The molecule has 17 heavy (non-hydrogen) atoms. The lowest BCUT2D eigenvalue weighted by Crippen LogP contribution is -2.14. The van der Waals surface area contributed by atoms with Crippen molar-refractivity contribution in [3.63, 3.8) is 0 Å². The Morgan fingerprint density at radius 1 is 1.12 bits per heavy atom. The van der Waals surface area contributed by atoms with Crippen molar-refractivity contribution < 1.29 is 22.6 Å². The molecule has 0 aliphatic rings. The Morgan fingerprint density at radius 3 is 2.24 bits per heavy atom. The number of aromatic nitrogens is 3. The molecule has 0 bridgehead atoms. The lowest BCUT2D eigenvalue weighted by molar-refractivity contribution is -0.139. The fraction of sp³-hybridized carbons (Fsp3) is 0.625. The molecule has 0 aliphatic carbocycles. The number of nitrogens with two attached hydrogens (primary N) is 1. The van der Waals surface area contributed by atoms with Crippen LogP contribution < -0.4 is 15.2 Å². The van der Waals surface area contributed by atoms with Gasteiger partial charge in [-0.05, 0) is 6.92 Å². The zero-order valence-electron chi connectivity index (χ0n) is 8.99. The summed E-state index contributed by atoms with van der Waals surface area (Å²) in [6, 6.07) is -0.368. The molecule has 0 spiro atoms. The number of rotatable bonds is 5. The van der Waals surface area contributed by atoms with Crippen LogP contribution in [-0.2, 0) is 0 Å². The van der Waals surface area contributed by atoms with Crippen molar-refractivity contribution in [3.05, 3.63) is 0 Å². The van der Waals surface area contributed by atoms with E-state index < -0.39 is 19.2 Å². The van der Waals surface area contributed by atoms with Crippen LogP contribution in [0.15, 0.2) is 0 Å². The maximum absolute atomic E-state index is 11.9. The van der Waals surface area contributed by atoms with Gasteiger partial charge in [0.15, 0.2) is 0 Å². The van der Waals surface area contributed by atoms with Crippen molar-refractivity contribution in [2.75, 3.05) is 18.9 Å². The molecule has 6 nitrogen and oxygen atoms in total. The van der Waals surface area contributed by atoms with Crippen LogP contribution in [0.2, 0.25) is 0 Å². The van der Waals surface area contributed by atoms with E-state index in [9.17, 15) is 13.2 Å². The first-order valence-corrected chi connectivity index (χ1v) is 4.74. The van der Waals surface area contributed by atoms with Gasteiger partial charge >= 0.3 is 18.2 Å². The van der Waals surface area contributed by atoms with E-state index in [4.69, 9.17) is 15.2 Å². The van der Waals surface area contributed by atoms with Gasteiger partial charge in [-0.3, -0.25) is 0 Å². The first-order valence-electron chi connectivity index (χ1n) is 4.74. The summed E-state index contributed by atoms with van der Waals surface area (Å²) < 4.78 is 45.2. The molecule has 1 aromatic rings. The molecule has 1 heterocycles. The normalized spacial score (nSPS) is 11.3. The van der Waals surface area contributed by atoms with Crippen molar-refractivity contribution in [1.82, 2.24) is 15.0 Å². The third-order valence-corrected chi connectivity index (χ3v) is 1.50. The lowest BCUT2D eigenvalue weighted by Gasteiger charge is -2.08. The van der Waals surface area contributed by atoms with Crippen molar-refractivity contribution in [2.45, 2.75) is 19.5 Å². The summed E-state index contributed by atoms with van der Waals surface area (Å²) >= 11 is 0. The Labute approximate surface area is 95.0 Å². The van der Waals surface area contributed by atoms with Crippen LogP contribution in [0, 0.1) is 0 Å². The fourth-order valence-electron chi connectivity index (χ4n) is 0.869. The maximum Gasteiger partial charge on any atom is 0.392 e. The Balaban J connectivity index is 2.58. The van der Waals surface area contributed by atoms with Crippen LogP contribution in [0.3, 0.4) is 0 Å². The molecule has 0 radical (unpaired) electrons. The summed E-state index contributed by atoms with van der Waals surface area (Å²) in [4.78, 5) is 10.8. The summed E-state index contributed by atoms with van der Waals surface area (Å²) in [6.45, 7) is 1.41. The van der Waals surface area contributed by atoms with Crippen LogP contribution in [0.1, 0.15) is 13.3 Å². The van der Waals surface area contributed by atoms with Gasteiger partial charge in [0.25, 0.3) is 0 Å². The van der Waals surface area contributed by atoms with E-state index in [-0.39, 0.29) is 18.0 Å². The summed E-state index contributed by atoms with van der Waals surface area (Å²) in [5, 5.41) is 0. The molecule has 0 aromatic carbocycles. The highest BCUT2D eigenvalue weighted by Crippen LogP contribution is 2.19. The van der Waals surface area contributed by atoms with Crippen LogP contribution in [0.4, 0.5) is 19.1 Å². The molecule has 9 heteroatoms. The fourth-order valence-corrected chi connectivity index (χ4v) is 0.869. The average Bonchev–Trinajstić information content (AvgIpc) is 2.15. The molecule has 0 saturated carbocycles. The highest BCUT2D eigenvalue weighted by Gasteiger charge is 2.27. The van der Waals surface area contributed by atoms with Crippen molar-refractivity contribution in [3.8, 4) is 12.0 Å². The molecular formula is C8H11F3N4O2. The second kappa shape index (κ2) is 5.51. The van der Waals surface area contributed by atoms with Gasteiger partial charge in [0.1, 0.15) is 6.61 Å². The molecule has 0 amide bonds. The van der Waals surface area contributed by atoms with Gasteiger partial charge in [-0.25, -0.2) is 0 Å². The molecular weight excluding hydrogens is 241 g/mol. The minimum absolute atomic E-state index is 0.0815. The summed E-state index contributed by atoms with van der Waals surface area (Å²) in [5.41, 5.74) is 5.30. The minimum Gasteiger partial charge on any atom is -0.464 e. The summed E-state index contributed by atoms with van der Waals surface area (Å²) in [6.07, 6.45) is -5.39. The number of nitrogen functional groups attached to an aromatic ring is 1. The van der Waals surface area contributed by atoms with Gasteiger partial charge in [-0.2, -0.15) is 23.1 Å². The largest absolute Gasteiger partial charge is 0.464 e. The van der Waals surface area contributed by atoms with Gasteiger partial charge in [-0.1, -0.05) is 0 Å². The van der Waals surface area contributed by atoms with Crippen LogP contribution in [0.25, 0.3) is 0 Å². The molecule has 1 aromatic heterocycles. The second-order valence-corrected chi connectivity index (χ2v) is 2.91. The second-order valence-electron chi connectivity index (χ2n) is 2.91. The standard InChI is InChI=1S/C8H11F3N4O2/c1-2-16-6-13-5(12)14-7(15-6)17-4-3-8(9,10)11/h2-4H2,1H3,(H2,12,13,14,15). The lowest BCUT2D eigenvalue weighted by atomic mass is 10.4. The van der Waals surface area contributed by atoms with Crippen LogP contribution in [0.5, 0.6) is 12.0 Å². The van der Waals surface area contributed by atoms with E-state index in [1.165, 1.54) is 0 Å². The quantitative estimate of drug-likeness (QED) is 0.847. The minimum atomic E-state index is -4.29. The first kappa shape index (κ1) is 13.3. The van der Waals surface area contributed by atoms with E-state index in [1.54, 1.807) is 6.92 Å². The Morgan fingerprint density at radius 2 is 1.71 bits per heavy atom. The van der Waals surface area contributed by atoms with E-state index in [2.05, 4.69) is 15.0 Å². The number of hydrogen-bond donors (Lipinski definition) is 1. The Kier molecular flexibility index (Phi) is 4.30. The number of ether oxygens (including phenoxy) is 2. The number of hydrogen-bond acceptors (Lipinski definition) is 6. The highest BCUT2D eigenvalue weighted by atomic mass is 19.4. The van der Waals surface area contributed by atoms with Gasteiger partial charge in [0.2, 0.25) is 5.95 Å². The zero-order chi connectivity index (χ0) is 12.9. The van der Waals surface area contributed by atoms with E-state index in [0.29, 0.717) is 6.61 Å². The SMILES string of the molecule is CCOc1nc(N)nc(OCCC(F)(F)F)n1. The molecule has 0 atom stereocenters. The topological polar surface area (TPSA) is 83.2 Å². The molecule has 96 valence electrons. The van der Waals surface area contributed by atoms with E-state index in [1.807, 2.05) is 0 Å². The van der Waals surface area contributed by atoms with Crippen molar-refractivity contribution in [2.24, 2.45) is 0 Å². The van der Waals surface area contributed by atoms with Crippen molar-refractivity contribution >= 4 is 5.95 Å². The monoisotopic (exact) mass is 252 g/mol. The maximum atomic E-state index is 11.9. The predicted octanol–water partition coefficient (Wildman–Crippen LogP) is 1.18. The van der Waals surface area contributed by atoms with E-state index in [0.717, 1.165) is 0 Å². The number of nitrogens with zero attached hydrogens (tertiary/aromatic N) is 3. The Bertz CT molecular complexity index is 372. The third-order valence-electron chi connectivity index (χ3n) is 1.50. The van der Waals surface area contributed by atoms with Crippen molar-refractivity contribution in [1.29, 1.82) is 0 Å². The third kappa shape index (κ3) is 5.18. The predicted molar refractivity (Wildman–Crippen MR) is 51.6 cm³/mol. The molecule has 2 N–H and O–H groups in total. The average molecular weight is 252 g/mol. The van der Waals surface area contributed by atoms with E-state index >= 15 is 0 Å². The zero-order valence-corrected chi connectivity index (χ0v) is 8.99. The smallest absolute Gasteiger partial charge is 0.392 e. The number of anilines is 1. The summed E-state index contributed by atoms with van der Waals surface area (Å²) in [5.74, 6) is -0.176.